The molecule has 0 radical (unpaired) electrons. The van der Waals surface area contributed by atoms with Crippen LogP contribution in [0.4, 0.5) is 4.79 Å². The molecule has 100 valence electrons. The third kappa shape index (κ3) is 3.35. The zero-order chi connectivity index (χ0) is 12.8. The van der Waals surface area contributed by atoms with E-state index in [1.54, 1.807) is 7.11 Å². The van der Waals surface area contributed by atoms with Crippen LogP contribution in [-0.4, -0.2) is 55.2 Å². The second kappa shape index (κ2) is 6.84. The Kier molecular flexibility index (Phi) is 5.75. The maximum Gasteiger partial charge on any atom is 0.320 e. The number of likely N-dealkylation sites (tertiary alicyclic amines) is 2. The molecule has 17 heavy (non-hydrogen) atoms. The fourth-order valence-electron chi connectivity index (χ4n) is 2.28. The summed E-state index contributed by atoms with van der Waals surface area (Å²) in [5.41, 5.74) is 0. The average Bonchev–Trinajstić information content (AvgIpc) is 2.78. The Hall–Kier alpha value is -0.770. The Bertz CT molecular complexity index is 240. The lowest BCUT2D eigenvalue weighted by Crippen LogP contribution is -2.57. The first-order chi connectivity index (χ1) is 8.24. The van der Waals surface area contributed by atoms with E-state index < -0.39 is 0 Å². The molecule has 0 aromatic rings. The van der Waals surface area contributed by atoms with Crippen molar-refractivity contribution in [1.29, 1.82) is 0 Å². The van der Waals surface area contributed by atoms with Crippen molar-refractivity contribution < 1.29 is 9.53 Å². The third-order valence-electron chi connectivity index (χ3n) is 3.59. The lowest BCUT2D eigenvalue weighted by atomic mass is 10.1. The van der Waals surface area contributed by atoms with Crippen molar-refractivity contribution in [2.75, 3.05) is 33.3 Å². The Morgan fingerprint density at radius 2 is 1.88 bits per heavy atom. The van der Waals surface area contributed by atoms with Gasteiger partial charge in [-0.05, 0) is 12.3 Å². The van der Waals surface area contributed by atoms with Gasteiger partial charge in [0, 0.05) is 20.2 Å². The number of carbonyl (C=O) groups is 1. The van der Waals surface area contributed by atoms with Gasteiger partial charge in [0.15, 0.2) is 0 Å². The predicted molar refractivity (Wildman–Crippen MR) is 69.1 cm³/mol. The zero-order valence-corrected chi connectivity index (χ0v) is 11.6. The molecule has 2 aliphatic rings. The van der Waals surface area contributed by atoms with E-state index in [1.807, 2.05) is 23.6 Å². The van der Waals surface area contributed by atoms with E-state index in [2.05, 4.69) is 6.92 Å². The normalized spacial score (nSPS) is 24.1. The minimum absolute atomic E-state index is 0.208. The van der Waals surface area contributed by atoms with Gasteiger partial charge in [0.2, 0.25) is 0 Å². The SMILES string of the molecule is CC.CCC1CCN(C(=O)N2CC(OC)C2)C1. The van der Waals surface area contributed by atoms with Crippen molar-refractivity contribution in [1.82, 2.24) is 9.80 Å². The van der Waals surface area contributed by atoms with Crippen LogP contribution >= 0.6 is 0 Å². The van der Waals surface area contributed by atoms with Gasteiger partial charge in [0.1, 0.15) is 0 Å². The average molecular weight is 242 g/mol. The Morgan fingerprint density at radius 1 is 1.24 bits per heavy atom. The summed E-state index contributed by atoms with van der Waals surface area (Å²) in [6.07, 6.45) is 2.62. The van der Waals surface area contributed by atoms with E-state index in [0.29, 0.717) is 5.92 Å². The molecule has 0 aliphatic carbocycles. The molecule has 2 fully saturated rings. The number of methoxy groups -OCH3 is 1. The molecule has 4 heteroatoms. The van der Waals surface area contributed by atoms with E-state index in [4.69, 9.17) is 4.74 Å². The number of amides is 2. The van der Waals surface area contributed by atoms with Crippen molar-refractivity contribution in [3.63, 3.8) is 0 Å². The van der Waals surface area contributed by atoms with Crippen molar-refractivity contribution in [2.24, 2.45) is 5.92 Å². The number of hydrogen-bond donors (Lipinski definition) is 0. The molecule has 0 N–H and O–H groups in total. The molecule has 2 aliphatic heterocycles. The number of urea groups is 1. The smallest absolute Gasteiger partial charge is 0.320 e. The minimum Gasteiger partial charge on any atom is -0.378 e. The Morgan fingerprint density at radius 3 is 2.35 bits per heavy atom. The van der Waals surface area contributed by atoms with Crippen LogP contribution in [-0.2, 0) is 4.74 Å². The van der Waals surface area contributed by atoms with E-state index in [0.717, 1.165) is 26.2 Å². The van der Waals surface area contributed by atoms with Gasteiger partial charge in [-0.25, -0.2) is 4.79 Å². The molecule has 4 nitrogen and oxygen atoms in total. The monoisotopic (exact) mass is 242 g/mol. The zero-order valence-electron chi connectivity index (χ0n) is 11.6. The summed E-state index contributed by atoms with van der Waals surface area (Å²) in [6, 6.07) is 0.208. The summed E-state index contributed by atoms with van der Waals surface area (Å²) in [6.45, 7) is 9.61. The number of carbonyl (C=O) groups excluding carboxylic acids is 1. The van der Waals surface area contributed by atoms with Crippen LogP contribution in [0.3, 0.4) is 0 Å². The maximum atomic E-state index is 11.9. The van der Waals surface area contributed by atoms with Crippen molar-refractivity contribution >= 4 is 6.03 Å². The van der Waals surface area contributed by atoms with Crippen LogP contribution in [0.1, 0.15) is 33.6 Å². The van der Waals surface area contributed by atoms with Crippen LogP contribution in [0.2, 0.25) is 0 Å². The van der Waals surface area contributed by atoms with E-state index in [9.17, 15) is 4.79 Å². The van der Waals surface area contributed by atoms with Crippen LogP contribution in [0.5, 0.6) is 0 Å². The van der Waals surface area contributed by atoms with E-state index in [-0.39, 0.29) is 12.1 Å². The highest BCUT2D eigenvalue weighted by Crippen LogP contribution is 2.22. The van der Waals surface area contributed by atoms with Crippen LogP contribution in [0.15, 0.2) is 0 Å². The molecule has 0 bridgehead atoms. The molecule has 0 saturated carbocycles. The Labute approximate surface area is 105 Å². The fraction of sp³-hybridized carbons (Fsp3) is 0.923. The third-order valence-corrected chi connectivity index (χ3v) is 3.59. The molecule has 1 unspecified atom stereocenters. The summed E-state index contributed by atoms with van der Waals surface area (Å²) >= 11 is 0. The first kappa shape index (κ1) is 14.3. The van der Waals surface area contributed by atoms with Gasteiger partial charge in [0.05, 0.1) is 19.2 Å². The van der Waals surface area contributed by atoms with Crippen molar-refractivity contribution in [3.05, 3.63) is 0 Å². The summed E-state index contributed by atoms with van der Waals surface area (Å²) in [5.74, 6) is 0.716. The van der Waals surface area contributed by atoms with Gasteiger partial charge in [-0.15, -0.1) is 0 Å². The largest absolute Gasteiger partial charge is 0.378 e. The number of rotatable bonds is 2. The van der Waals surface area contributed by atoms with Gasteiger partial charge in [0.25, 0.3) is 0 Å². The van der Waals surface area contributed by atoms with Gasteiger partial charge in [-0.2, -0.15) is 0 Å². The lowest BCUT2D eigenvalue weighted by molar-refractivity contribution is -0.0144. The predicted octanol–water partition coefficient (Wildman–Crippen LogP) is 2.20. The highest BCUT2D eigenvalue weighted by atomic mass is 16.5. The summed E-state index contributed by atoms with van der Waals surface area (Å²) < 4.78 is 5.16. The van der Waals surface area contributed by atoms with Gasteiger partial charge >= 0.3 is 6.03 Å². The first-order valence-electron chi connectivity index (χ1n) is 6.81. The summed E-state index contributed by atoms with van der Waals surface area (Å²) in [7, 11) is 1.70. The molecule has 0 aromatic carbocycles. The van der Waals surface area contributed by atoms with Gasteiger partial charge in [-0.3, -0.25) is 0 Å². The summed E-state index contributed by atoms with van der Waals surface area (Å²) in [4.78, 5) is 15.8. The molecule has 1 atom stereocenters. The van der Waals surface area contributed by atoms with Crippen molar-refractivity contribution in [2.45, 2.75) is 39.7 Å². The number of hydrogen-bond acceptors (Lipinski definition) is 2. The molecular formula is C13H26N2O2. The molecule has 2 heterocycles. The fourth-order valence-corrected chi connectivity index (χ4v) is 2.28. The summed E-state index contributed by atoms with van der Waals surface area (Å²) in [5, 5.41) is 0. The molecule has 2 amide bonds. The molecule has 0 aromatic heterocycles. The lowest BCUT2D eigenvalue weighted by Gasteiger charge is -2.40. The van der Waals surface area contributed by atoms with Crippen LogP contribution in [0.25, 0.3) is 0 Å². The van der Waals surface area contributed by atoms with Crippen LogP contribution < -0.4 is 0 Å². The van der Waals surface area contributed by atoms with Crippen LogP contribution in [0, 0.1) is 5.92 Å². The Balaban J connectivity index is 0.000000686. The molecule has 2 saturated heterocycles. The van der Waals surface area contributed by atoms with Gasteiger partial charge in [-0.1, -0.05) is 27.2 Å². The second-order valence-electron chi connectivity index (χ2n) is 4.55. The van der Waals surface area contributed by atoms with E-state index in [1.165, 1.54) is 12.8 Å². The highest BCUT2D eigenvalue weighted by molar-refractivity contribution is 5.75. The minimum atomic E-state index is 0.208. The maximum absolute atomic E-state index is 11.9. The number of nitrogens with zero attached hydrogens (tertiary/aromatic N) is 2. The van der Waals surface area contributed by atoms with E-state index >= 15 is 0 Å². The highest BCUT2D eigenvalue weighted by Gasteiger charge is 2.35. The van der Waals surface area contributed by atoms with Gasteiger partial charge < -0.3 is 14.5 Å². The second-order valence-corrected chi connectivity index (χ2v) is 4.55. The molecule has 2 rings (SSSR count). The quantitative estimate of drug-likeness (QED) is 0.743. The molecular weight excluding hydrogens is 216 g/mol. The molecule has 0 spiro atoms. The topological polar surface area (TPSA) is 32.8 Å². The first-order valence-corrected chi connectivity index (χ1v) is 6.81. The standard InChI is InChI=1S/C11H20N2O2.C2H6/c1-3-9-4-5-12(6-9)11(14)13-7-10(8-13)15-2;1-2/h9-10H,3-8H2,1-2H3;1-2H3. The number of ether oxygens (including phenoxy) is 1. The van der Waals surface area contributed by atoms with Crippen molar-refractivity contribution in [3.8, 4) is 0 Å².